The molecule has 1 unspecified atom stereocenters. The van der Waals surface area contributed by atoms with Crippen molar-refractivity contribution < 1.29 is 13.2 Å². The van der Waals surface area contributed by atoms with E-state index in [-0.39, 0.29) is 22.8 Å². The van der Waals surface area contributed by atoms with Gasteiger partial charge < -0.3 is 10.1 Å². The van der Waals surface area contributed by atoms with Gasteiger partial charge in [-0.2, -0.15) is 0 Å². The molecule has 2 N–H and O–H groups in total. The van der Waals surface area contributed by atoms with Crippen molar-refractivity contribution in [2.45, 2.75) is 23.3 Å². The molecule has 1 aromatic carbocycles. The van der Waals surface area contributed by atoms with E-state index in [1.54, 1.807) is 24.6 Å². The number of thiophene rings is 1. The Morgan fingerprint density at radius 1 is 1.46 bits per heavy atom. The van der Waals surface area contributed by atoms with Crippen molar-refractivity contribution >= 4 is 55.5 Å². The Morgan fingerprint density at radius 2 is 2.25 bits per heavy atom. The Hall–Kier alpha value is -0.410. The largest absolute Gasteiger partial charge is 0.383 e. The van der Waals surface area contributed by atoms with Gasteiger partial charge in [-0.25, -0.2) is 13.1 Å². The maximum absolute atomic E-state index is 12.7. The molecule has 1 saturated heterocycles. The minimum absolute atomic E-state index is 0. The molecule has 1 aromatic heterocycles. The van der Waals surface area contributed by atoms with Gasteiger partial charge in [0, 0.05) is 34.1 Å². The standard InChI is InChI=1S/C15H19ClN2O3S2.ClH/c1-21-10-15(5-2-6-17-15)9-18-23(19,20)14-8-22-13-4-3-11(16)7-12(13)14;/h3-4,7-8,17-18H,2,5-6,9-10H2,1H3;1H. The van der Waals surface area contributed by atoms with Gasteiger partial charge in [-0.3, -0.25) is 0 Å². The third-order valence-corrected chi connectivity index (χ3v) is 6.93. The fraction of sp³-hybridized carbons (Fsp3) is 0.467. The lowest BCUT2D eigenvalue weighted by Gasteiger charge is -2.28. The highest BCUT2D eigenvalue weighted by Gasteiger charge is 2.35. The van der Waals surface area contributed by atoms with Gasteiger partial charge in [0.05, 0.1) is 12.1 Å². The van der Waals surface area contributed by atoms with Crippen LogP contribution in [0.1, 0.15) is 12.8 Å². The molecular formula is C15H20Cl2N2O3S2. The molecule has 0 aliphatic carbocycles. The quantitative estimate of drug-likeness (QED) is 0.767. The summed E-state index contributed by atoms with van der Waals surface area (Å²) in [5.41, 5.74) is -0.328. The van der Waals surface area contributed by atoms with Crippen LogP contribution in [0.4, 0.5) is 0 Å². The van der Waals surface area contributed by atoms with E-state index in [0.717, 1.165) is 24.1 Å². The molecule has 134 valence electrons. The number of hydrogen-bond donors (Lipinski definition) is 2. The Bertz CT molecular complexity index is 802. The first kappa shape index (κ1) is 19.9. The van der Waals surface area contributed by atoms with Crippen molar-refractivity contribution in [1.29, 1.82) is 0 Å². The number of fused-ring (bicyclic) bond motifs is 1. The molecule has 2 heterocycles. The van der Waals surface area contributed by atoms with Crippen molar-refractivity contribution in [1.82, 2.24) is 10.0 Å². The first-order valence-electron chi connectivity index (χ1n) is 7.36. The first-order valence-corrected chi connectivity index (χ1v) is 10.1. The molecule has 3 rings (SSSR count). The summed E-state index contributed by atoms with van der Waals surface area (Å²) in [4.78, 5) is 0.283. The Kier molecular flexibility index (Phi) is 6.52. The van der Waals surface area contributed by atoms with Gasteiger partial charge in [0.25, 0.3) is 0 Å². The predicted molar refractivity (Wildman–Crippen MR) is 101 cm³/mol. The second kappa shape index (κ2) is 7.86. The maximum Gasteiger partial charge on any atom is 0.242 e. The molecule has 9 heteroatoms. The van der Waals surface area contributed by atoms with Crippen LogP contribution in [0.15, 0.2) is 28.5 Å². The monoisotopic (exact) mass is 410 g/mol. The molecule has 24 heavy (non-hydrogen) atoms. The molecule has 0 saturated carbocycles. The van der Waals surface area contributed by atoms with E-state index >= 15 is 0 Å². The van der Waals surface area contributed by atoms with Crippen molar-refractivity contribution in [2.75, 3.05) is 26.8 Å². The zero-order valence-electron chi connectivity index (χ0n) is 13.2. The molecule has 5 nitrogen and oxygen atoms in total. The number of nitrogens with one attached hydrogen (secondary N) is 2. The van der Waals surface area contributed by atoms with Crippen molar-refractivity contribution in [3.63, 3.8) is 0 Å². The summed E-state index contributed by atoms with van der Waals surface area (Å²) in [7, 11) is -1.97. The summed E-state index contributed by atoms with van der Waals surface area (Å²) in [6, 6.07) is 5.30. The number of benzene rings is 1. The highest BCUT2D eigenvalue weighted by Crippen LogP contribution is 2.31. The van der Waals surface area contributed by atoms with Crippen molar-refractivity contribution in [3.8, 4) is 0 Å². The van der Waals surface area contributed by atoms with Crippen molar-refractivity contribution in [2.24, 2.45) is 0 Å². The summed E-state index contributed by atoms with van der Waals surface area (Å²) in [6.45, 7) is 1.66. The Morgan fingerprint density at radius 3 is 2.92 bits per heavy atom. The number of halogens is 2. The van der Waals surface area contributed by atoms with E-state index < -0.39 is 10.0 Å². The summed E-state index contributed by atoms with van der Waals surface area (Å²) < 4.78 is 34.3. The average molecular weight is 411 g/mol. The second-order valence-corrected chi connectivity index (χ2v) is 8.89. The zero-order chi connectivity index (χ0) is 16.5. The minimum atomic E-state index is -3.60. The van der Waals surface area contributed by atoms with Crippen LogP contribution in [0.5, 0.6) is 0 Å². The van der Waals surface area contributed by atoms with E-state index in [9.17, 15) is 8.42 Å². The fourth-order valence-electron chi connectivity index (χ4n) is 2.97. The summed E-state index contributed by atoms with van der Waals surface area (Å²) in [6.07, 6.45) is 1.90. The molecule has 0 radical (unpaired) electrons. The molecule has 1 aliphatic rings. The third kappa shape index (κ3) is 4.04. The van der Waals surface area contributed by atoms with E-state index in [2.05, 4.69) is 10.0 Å². The topological polar surface area (TPSA) is 67.4 Å². The first-order chi connectivity index (χ1) is 11.0. The predicted octanol–water partition coefficient (Wildman–Crippen LogP) is 3.02. The molecule has 1 fully saturated rings. The highest BCUT2D eigenvalue weighted by atomic mass is 35.5. The molecule has 1 atom stereocenters. The summed E-state index contributed by atoms with van der Waals surface area (Å²) in [5, 5.41) is 6.22. The lowest BCUT2D eigenvalue weighted by Crippen LogP contribution is -2.52. The summed E-state index contributed by atoms with van der Waals surface area (Å²) in [5.74, 6) is 0. The fourth-order valence-corrected chi connectivity index (χ4v) is 5.74. The Balaban J connectivity index is 0.00000208. The van der Waals surface area contributed by atoms with Crippen LogP contribution in [0, 0.1) is 0 Å². The molecule has 1 aliphatic heterocycles. The van der Waals surface area contributed by atoms with E-state index in [0.29, 0.717) is 23.6 Å². The van der Waals surface area contributed by atoms with Gasteiger partial charge in [0.2, 0.25) is 10.0 Å². The smallest absolute Gasteiger partial charge is 0.242 e. The van der Waals surface area contributed by atoms with Crippen molar-refractivity contribution in [3.05, 3.63) is 28.6 Å². The van der Waals surface area contributed by atoms with Gasteiger partial charge in [-0.15, -0.1) is 23.7 Å². The zero-order valence-corrected chi connectivity index (χ0v) is 16.4. The van der Waals surface area contributed by atoms with Crippen LogP contribution < -0.4 is 10.0 Å². The minimum Gasteiger partial charge on any atom is -0.383 e. The molecule has 0 spiro atoms. The summed E-state index contributed by atoms with van der Waals surface area (Å²) >= 11 is 7.40. The number of methoxy groups -OCH3 is 1. The average Bonchev–Trinajstić information content (AvgIpc) is 3.13. The lowest BCUT2D eigenvalue weighted by molar-refractivity contribution is 0.122. The van der Waals surface area contributed by atoms with Gasteiger partial charge in [0.1, 0.15) is 4.90 Å². The molecule has 0 bridgehead atoms. The third-order valence-electron chi connectivity index (χ3n) is 4.14. The van der Waals surface area contributed by atoms with Crippen LogP contribution in [-0.2, 0) is 14.8 Å². The second-order valence-electron chi connectivity index (χ2n) is 5.81. The molecule has 2 aromatic rings. The van der Waals surface area contributed by atoms with Crippen LogP contribution in [0.2, 0.25) is 5.02 Å². The SMILES string of the molecule is COCC1(CNS(=O)(=O)c2csc3ccc(Cl)cc23)CCCN1.Cl. The number of sulfonamides is 1. The number of hydrogen-bond acceptors (Lipinski definition) is 5. The highest BCUT2D eigenvalue weighted by molar-refractivity contribution is 7.90. The molecular weight excluding hydrogens is 391 g/mol. The van der Waals surface area contributed by atoms with Gasteiger partial charge in [0.15, 0.2) is 0 Å². The lowest BCUT2D eigenvalue weighted by atomic mass is 9.99. The number of ether oxygens (including phenoxy) is 1. The molecule has 0 amide bonds. The normalized spacial score (nSPS) is 21.1. The van der Waals surface area contributed by atoms with Gasteiger partial charge in [-0.1, -0.05) is 11.6 Å². The van der Waals surface area contributed by atoms with E-state index in [4.69, 9.17) is 16.3 Å². The van der Waals surface area contributed by atoms with Crippen LogP contribution in [0.25, 0.3) is 10.1 Å². The maximum atomic E-state index is 12.7. The Labute approximate surface area is 157 Å². The van der Waals surface area contributed by atoms with Gasteiger partial charge >= 0.3 is 0 Å². The number of rotatable bonds is 6. The van der Waals surface area contributed by atoms with Crippen LogP contribution in [0.3, 0.4) is 0 Å². The van der Waals surface area contributed by atoms with E-state index in [1.807, 2.05) is 6.07 Å². The van der Waals surface area contributed by atoms with Gasteiger partial charge in [-0.05, 0) is 37.6 Å². The van der Waals surface area contributed by atoms with Crippen LogP contribution in [-0.4, -0.2) is 40.8 Å². The van der Waals surface area contributed by atoms with E-state index in [1.165, 1.54) is 11.3 Å². The van der Waals surface area contributed by atoms with Crippen LogP contribution >= 0.6 is 35.3 Å².